The van der Waals surface area contributed by atoms with Crippen LogP contribution >= 0.6 is 0 Å². The van der Waals surface area contributed by atoms with Crippen LogP contribution in [0, 0.1) is 0 Å². The van der Waals surface area contributed by atoms with E-state index in [2.05, 4.69) is 0 Å². The zero-order valence-corrected chi connectivity index (χ0v) is 3.79. The Morgan fingerprint density at radius 2 is 1.00 bits per heavy atom. The van der Waals surface area contributed by atoms with Crippen LogP contribution in [-0.4, -0.2) is 11.7 Å². The molecule has 0 bridgehead atoms. The Kier molecular flexibility index (Phi) is 2930. The molecule has 7 heavy (non-hydrogen) atoms. The minimum atomic E-state index is 0. The maximum absolute atomic E-state index is 7.57. The lowest BCUT2D eigenvalue weighted by molar-refractivity contribution is 0.318. The minimum Gasteiger partial charge on any atom is -0.397 e. The summed E-state index contributed by atoms with van der Waals surface area (Å²) < 4.78 is 0. The number of aliphatic hydroxyl groups excluding tert-OH is 1. The highest BCUT2D eigenvalue weighted by Crippen LogP contribution is 1.30. The predicted molar refractivity (Wildman–Crippen MR) is 22.8 cm³/mol. The van der Waals surface area contributed by atoms with Crippen molar-refractivity contribution in [3.63, 3.8) is 0 Å². The molecule has 0 atom stereocenters. The molecule has 5 heteroatoms. The highest BCUT2D eigenvalue weighted by atomic mass is 19.0. The van der Waals surface area contributed by atoms with Gasteiger partial charge in [0, 0.05) is 6.61 Å². The molecule has 0 aromatic carbocycles. The first kappa shape index (κ1) is 76.4. The van der Waals surface area contributed by atoms with E-state index in [1.807, 2.05) is 0 Å². The molecule has 0 amide bonds. The second-order valence-electron chi connectivity index (χ2n) is 0.316. The standard InChI is InChI=1S/C2H6O.4FH/c1-2-3;;;;/h3H,2H2,1H3;4*1H. The van der Waals surface area contributed by atoms with Crippen LogP contribution in [0.15, 0.2) is 0 Å². The fourth-order valence-electron chi connectivity index (χ4n) is 0. The molecule has 0 aromatic heterocycles. The van der Waals surface area contributed by atoms with E-state index in [1.54, 1.807) is 6.92 Å². The van der Waals surface area contributed by atoms with E-state index < -0.39 is 0 Å². The van der Waals surface area contributed by atoms with Gasteiger partial charge in [0.05, 0.1) is 0 Å². The molecule has 1 nitrogen and oxygen atoms in total. The summed E-state index contributed by atoms with van der Waals surface area (Å²) in [6, 6.07) is 0. The average molecular weight is 126 g/mol. The molecular weight excluding hydrogens is 116 g/mol. The van der Waals surface area contributed by atoms with Gasteiger partial charge < -0.3 is 5.11 Å². The van der Waals surface area contributed by atoms with E-state index in [4.69, 9.17) is 5.11 Å². The normalized spacial score (nSPS) is 2.57. The van der Waals surface area contributed by atoms with Gasteiger partial charge in [0.1, 0.15) is 0 Å². The molecule has 0 unspecified atom stereocenters. The number of hydrogen-bond donors (Lipinski definition) is 1. The lowest BCUT2D eigenvalue weighted by Crippen LogP contribution is -1.57. The average Bonchev–Trinajstić information content (AvgIpc) is 0.918. The maximum Gasteiger partial charge on any atom is 0.0402 e. The van der Waals surface area contributed by atoms with Crippen molar-refractivity contribution in [1.29, 1.82) is 0 Å². The summed E-state index contributed by atoms with van der Waals surface area (Å²) in [5.41, 5.74) is 0. The van der Waals surface area contributed by atoms with E-state index in [0.29, 0.717) is 0 Å². The van der Waals surface area contributed by atoms with Gasteiger partial charge in [-0.25, -0.2) is 0 Å². The molecule has 0 fully saturated rings. The number of halogens is 4. The third-order valence-corrected chi connectivity index (χ3v) is 0. The molecule has 0 spiro atoms. The summed E-state index contributed by atoms with van der Waals surface area (Å²) in [5.74, 6) is 0. The summed E-state index contributed by atoms with van der Waals surface area (Å²) in [6.07, 6.45) is 0. The van der Waals surface area contributed by atoms with Crippen LogP contribution in [0.1, 0.15) is 6.92 Å². The van der Waals surface area contributed by atoms with E-state index in [9.17, 15) is 0 Å². The van der Waals surface area contributed by atoms with Gasteiger partial charge in [-0.05, 0) is 6.92 Å². The van der Waals surface area contributed by atoms with Crippen molar-refractivity contribution >= 4 is 0 Å². The van der Waals surface area contributed by atoms with E-state index >= 15 is 0 Å². The third-order valence-electron chi connectivity index (χ3n) is 0. The Bertz CT molecular complexity index is 9.65. The Hall–Kier alpha value is -0.320. The number of hydrogen-bond acceptors (Lipinski definition) is 1. The van der Waals surface area contributed by atoms with E-state index in [1.165, 1.54) is 0 Å². The van der Waals surface area contributed by atoms with Gasteiger partial charge in [-0.2, -0.15) is 0 Å². The molecule has 0 aliphatic carbocycles. The van der Waals surface area contributed by atoms with Crippen LogP contribution in [0.5, 0.6) is 0 Å². The van der Waals surface area contributed by atoms with Gasteiger partial charge in [0.15, 0.2) is 0 Å². The van der Waals surface area contributed by atoms with Crippen molar-refractivity contribution in [2.45, 2.75) is 6.92 Å². The minimum absolute atomic E-state index is 0. The predicted octanol–water partition coefficient (Wildman–Crippen LogP) is 0.609. The molecule has 0 heterocycles. The summed E-state index contributed by atoms with van der Waals surface area (Å²) in [7, 11) is 0. The van der Waals surface area contributed by atoms with Crippen molar-refractivity contribution in [3.05, 3.63) is 0 Å². The maximum atomic E-state index is 7.57. The zero-order chi connectivity index (χ0) is 2.71. The lowest BCUT2D eigenvalue weighted by atomic mass is 10.9. The molecule has 0 saturated carbocycles. The molecular formula is C2H10F4O. The molecule has 1 N–H and O–H groups in total. The SMILES string of the molecule is CCO.F.F.F.F. The second-order valence-corrected chi connectivity index (χ2v) is 0.316. The Labute approximate surface area is 38.8 Å². The largest absolute Gasteiger partial charge is 0.397 e. The van der Waals surface area contributed by atoms with E-state index in [-0.39, 0.29) is 25.4 Å². The van der Waals surface area contributed by atoms with Crippen molar-refractivity contribution in [2.24, 2.45) is 0 Å². The summed E-state index contributed by atoms with van der Waals surface area (Å²) >= 11 is 0. The molecule has 0 aliphatic rings. The van der Waals surface area contributed by atoms with Crippen LogP contribution in [0.2, 0.25) is 0 Å². The molecule has 0 radical (unpaired) electrons. The van der Waals surface area contributed by atoms with Crippen molar-refractivity contribution in [3.8, 4) is 0 Å². The highest BCUT2D eigenvalue weighted by molar-refractivity contribution is 3.84. The number of aliphatic hydroxyl groups is 1. The van der Waals surface area contributed by atoms with Crippen LogP contribution < -0.4 is 0 Å². The molecule has 0 aromatic rings. The Morgan fingerprint density at radius 1 is 1.00 bits per heavy atom. The first-order chi connectivity index (χ1) is 1.41. The fourth-order valence-corrected chi connectivity index (χ4v) is 0. The van der Waals surface area contributed by atoms with Crippen molar-refractivity contribution in [2.75, 3.05) is 6.61 Å². The van der Waals surface area contributed by atoms with Gasteiger partial charge in [0.25, 0.3) is 0 Å². The summed E-state index contributed by atoms with van der Waals surface area (Å²) in [5, 5.41) is 7.57. The van der Waals surface area contributed by atoms with E-state index in [0.717, 1.165) is 0 Å². The van der Waals surface area contributed by atoms with Crippen molar-refractivity contribution < 1.29 is 23.9 Å². The molecule has 52 valence electrons. The zero-order valence-electron chi connectivity index (χ0n) is 3.79. The lowest BCUT2D eigenvalue weighted by Gasteiger charge is -1.52. The van der Waals surface area contributed by atoms with Gasteiger partial charge in [-0.15, -0.1) is 0 Å². The summed E-state index contributed by atoms with van der Waals surface area (Å²) in [6.45, 7) is 1.93. The van der Waals surface area contributed by atoms with Crippen molar-refractivity contribution in [1.82, 2.24) is 0 Å². The van der Waals surface area contributed by atoms with Gasteiger partial charge in [0.2, 0.25) is 0 Å². The number of rotatable bonds is 0. The molecule has 0 saturated heterocycles. The second kappa shape index (κ2) is 269. The first-order valence-corrected chi connectivity index (χ1v) is 1.02. The van der Waals surface area contributed by atoms with Gasteiger partial charge in [-0.1, -0.05) is 0 Å². The molecule has 0 rings (SSSR count). The highest BCUT2D eigenvalue weighted by Gasteiger charge is 1.34. The fraction of sp³-hybridized carbons (Fsp3) is 1.00. The quantitative estimate of drug-likeness (QED) is 0.471. The Morgan fingerprint density at radius 3 is 1.00 bits per heavy atom. The smallest absolute Gasteiger partial charge is 0.0402 e. The Balaban J connectivity index is -0.00000000333. The van der Waals surface area contributed by atoms with Crippen LogP contribution in [-0.2, 0) is 0 Å². The first-order valence-electron chi connectivity index (χ1n) is 1.02. The van der Waals surface area contributed by atoms with Crippen LogP contribution in [0.3, 0.4) is 0 Å². The monoisotopic (exact) mass is 126 g/mol. The topological polar surface area (TPSA) is 20.2 Å². The summed E-state index contributed by atoms with van der Waals surface area (Å²) in [4.78, 5) is 0. The molecule has 0 aliphatic heterocycles. The van der Waals surface area contributed by atoms with Crippen LogP contribution in [0.4, 0.5) is 18.8 Å². The van der Waals surface area contributed by atoms with Gasteiger partial charge >= 0.3 is 0 Å². The van der Waals surface area contributed by atoms with Crippen LogP contribution in [0.25, 0.3) is 0 Å². The third kappa shape index (κ3) is 751. The van der Waals surface area contributed by atoms with Gasteiger partial charge in [-0.3, -0.25) is 18.8 Å².